The van der Waals surface area contributed by atoms with Crippen LogP contribution in [0.4, 0.5) is 5.69 Å². The van der Waals surface area contributed by atoms with Crippen molar-refractivity contribution < 1.29 is 19.4 Å². The second kappa shape index (κ2) is 9.96. The fourth-order valence-corrected chi connectivity index (χ4v) is 4.13. The number of phenols is 1. The van der Waals surface area contributed by atoms with Gasteiger partial charge in [-0.25, -0.2) is 4.99 Å². The highest BCUT2D eigenvalue weighted by Gasteiger charge is 2.33. The van der Waals surface area contributed by atoms with E-state index in [1.54, 1.807) is 30.2 Å². The summed E-state index contributed by atoms with van der Waals surface area (Å²) < 4.78 is 11.3. The van der Waals surface area contributed by atoms with Crippen molar-refractivity contribution >= 4 is 50.5 Å². The van der Waals surface area contributed by atoms with Gasteiger partial charge in [-0.05, 0) is 54.6 Å². The van der Waals surface area contributed by atoms with Crippen molar-refractivity contribution in [3.63, 3.8) is 0 Å². The van der Waals surface area contributed by atoms with Gasteiger partial charge in [-0.3, -0.25) is 9.69 Å². The summed E-state index contributed by atoms with van der Waals surface area (Å²) in [6.45, 7) is 3.09. The van der Waals surface area contributed by atoms with Gasteiger partial charge in [0.25, 0.3) is 5.91 Å². The topological polar surface area (TPSA) is 71.4 Å². The minimum Gasteiger partial charge on any atom is -0.504 e. The van der Waals surface area contributed by atoms with Crippen LogP contribution in [0.3, 0.4) is 0 Å². The van der Waals surface area contributed by atoms with Gasteiger partial charge in [0, 0.05) is 11.6 Å². The van der Waals surface area contributed by atoms with Gasteiger partial charge < -0.3 is 14.6 Å². The number of amidine groups is 1. The molecule has 0 saturated carbocycles. The number of methoxy groups -OCH3 is 1. The Morgan fingerprint density at radius 3 is 2.72 bits per heavy atom. The molecule has 0 aliphatic carbocycles. The van der Waals surface area contributed by atoms with Crippen molar-refractivity contribution in [3.8, 4) is 11.5 Å². The molecule has 8 heteroatoms. The number of aromatic hydroxyl groups is 1. The number of benzene rings is 2. The summed E-state index contributed by atoms with van der Waals surface area (Å²) >= 11 is 4.75. The van der Waals surface area contributed by atoms with Crippen LogP contribution in [0.25, 0.3) is 6.08 Å². The average molecular weight is 477 g/mol. The van der Waals surface area contributed by atoms with Gasteiger partial charge in [0.05, 0.1) is 30.4 Å². The van der Waals surface area contributed by atoms with E-state index in [0.717, 1.165) is 11.3 Å². The highest BCUT2D eigenvalue weighted by molar-refractivity contribution is 9.10. The smallest absolute Gasteiger partial charge is 0.266 e. The van der Waals surface area contributed by atoms with Crippen molar-refractivity contribution in [1.29, 1.82) is 0 Å². The third-order valence-electron chi connectivity index (χ3n) is 4.05. The zero-order chi connectivity index (χ0) is 20.8. The van der Waals surface area contributed by atoms with Crippen molar-refractivity contribution in [2.75, 3.05) is 26.9 Å². The first kappa shape index (κ1) is 21.4. The zero-order valence-corrected chi connectivity index (χ0v) is 18.5. The fourth-order valence-electron chi connectivity index (χ4n) is 2.67. The van der Waals surface area contributed by atoms with Crippen molar-refractivity contribution in [2.45, 2.75) is 6.92 Å². The molecule has 1 fully saturated rings. The van der Waals surface area contributed by atoms with E-state index in [1.807, 2.05) is 37.3 Å². The van der Waals surface area contributed by atoms with Crippen molar-refractivity contribution in [3.05, 3.63) is 57.4 Å². The molecule has 2 aromatic rings. The number of carbonyl (C=O) groups excluding carboxylic acids is 1. The quantitative estimate of drug-likeness (QED) is 0.580. The minimum atomic E-state index is -0.139. The standard InChI is InChI=1S/C21H21BrN2O4S/c1-3-28-18-11-14(16(22)13-17(18)25)12-19-20(26)24(9-10-27-2)21(29-19)23-15-7-5-4-6-8-15/h4-8,11-13,25H,3,9-10H2,1-2H3. The van der Waals surface area contributed by atoms with Crippen LogP contribution in [0.15, 0.2) is 56.8 Å². The monoisotopic (exact) mass is 476 g/mol. The third-order valence-corrected chi connectivity index (χ3v) is 5.75. The second-order valence-corrected chi connectivity index (χ2v) is 7.93. The number of hydrogen-bond acceptors (Lipinski definition) is 6. The van der Waals surface area contributed by atoms with E-state index in [9.17, 15) is 9.90 Å². The molecule has 1 amide bonds. The molecular weight excluding hydrogens is 456 g/mol. The Bertz CT molecular complexity index is 947. The van der Waals surface area contributed by atoms with Gasteiger partial charge in [-0.1, -0.05) is 34.1 Å². The first-order valence-corrected chi connectivity index (χ1v) is 10.6. The van der Waals surface area contributed by atoms with Gasteiger partial charge in [-0.15, -0.1) is 0 Å². The Labute approximate surface area is 182 Å². The molecule has 1 heterocycles. The van der Waals surface area contributed by atoms with E-state index in [2.05, 4.69) is 20.9 Å². The van der Waals surface area contributed by atoms with E-state index in [4.69, 9.17) is 9.47 Å². The van der Waals surface area contributed by atoms with Crippen molar-refractivity contribution in [1.82, 2.24) is 4.90 Å². The largest absolute Gasteiger partial charge is 0.504 e. The maximum atomic E-state index is 13.0. The molecule has 0 spiro atoms. The van der Waals surface area contributed by atoms with Crippen LogP contribution in [-0.2, 0) is 9.53 Å². The van der Waals surface area contributed by atoms with E-state index >= 15 is 0 Å². The van der Waals surface area contributed by atoms with E-state index < -0.39 is 0 Å². The van der Waals surface area contributed by atoms with Crippen LogP contribution < -0.4 is 4.74 Å². The number of rotatable bonds is 7. The third kappa shape index (κ3) is 5.20. The number of amides is 1. The molecule has 3 rings (SSSR count). The molecule has 6 nitrogen and oxygen atoms in total. The lowest BCUT2D eigenvalue weighted by molar-refractivity contribution is -0.122. The summed E-state index contributed by atoms with van der Waals surface area (Å²) in [5.74, 6) is 0.270. The van der Waals surface area contributed by atoms with Gasteiger partial charge in [0.1, 0.15) is 0 Å². The predicted octanol–water partition coefficient (Wildman–Crippen LogP) is 4.80. The molecule has 1 N–H and O–H groups in total. The Balaban J connectivity index is 1.97. The van der Waals surface area contributed by atoms with Crippen molar-refractivity contribution in [2.24, 2.45) is 4.99 Å². The maximum Gasteiger partial charge on any atom is 0.266 e. The summed E-state index contributed by atoms with van der Waals surface area (Å²) in [6, 6.07) is 12.8. The number of nitrogens with zero attached hydrogens (tertiary/aromatic N) is 2. The number of aliphatic imine (C=N–C) groups is 1. The summed E-state index contributed by atoms with van der Waals surface area (Å²) in [6.07, 6.45) is 1.77. The molecule has 0 radical (unpaired) electrons. The van der Waals surface area contributed by atoms with Crippen LogP contribution in [0.2, 0.25) is 0 Å². The second-order valence-electron chi connectivity index (χ2n) is 6.06. The van der Waals surface area contributed by atoms with Gasteiger partial charge in [0.2, 0.25) is 0 Å². The molecule has 29 heavy (non-hydrogen) atoms. The first-order chi connectivity index (χ1) is 14.0. The highest BCUT2D eigenvalue weighted by atomic mass is 79.9. The predicted molar refractivity (Wildman–Crippen MR) is 120 cm³/mol. The van der Waals surface area contributed by atoms with Crippen LogP contribution in [-0.4, -0.2) is 47.9 Å². The Morgan fingerprint density at radius 2 is 2.03 bits per heavy atom. The number of hydrogen-bond donors (Lipinski definition) is 1. The molecule has 152 valence electrons. The molecule has 0 unspecified atom stereocenters. The van der Waals surface area contributed by atoms with E-state index in [0.29, 0.717) is 40.1 Å². The molecule has 0 aromatic heterocycles. The highest BCUT2D eigenvalue weighted by Crippen LogP contribution is 2.38. The van der Waals surface area contributed by atoms with Crippen LogP contribution in [0.1, 0.15) is 12.5 Å². The molecular formula is C21H21BrN2O4S. The number of halogens is 1. The van der Waals surface area contributed by atoms with Gasteiger partial charge in [-0.2, -0.15) is 0 Å². The number of carbonyl (C=O) groups is 1. The molecule has 0 atom stereocenters. The Kier molecular flexibility index (Phi) is 7.35. The minimum absolute atomic E-state index is 0.0410. The summed E-state index contributed by atoms with van der Waals surface area (Å²) in [5.41, 5.74) is 1.51. The average Bonchev–Trinajstić information content (AvgIpc) is 2.99. The molecule has 1 saturated heterocycles. The Morgan fingerprint density at radius 1 is 1.28 bits per heavy atom. The van der Waals surface area contributed by atoms with Gasteiger partial charge >= 0.3 is 0 Å². The van der Waals surface area contributed by atoms with Crippen LogP contribution in [0, 0.1) is 0 Å². The van der Waals surface area contributed by atoms with Crippen LogP contribution in [0.5, 0.6) is 11.5 Å². The zero-order valence-electron chi connectivity index (χ0n) is 16.1. The van der Waals surface area contributed by atoms with Crippen LogP contribution >= 0.6 is 27.7 Å². The molecule has 1 aliphatic rings. The van der Waals surface area contributed by atoms with E-state index in [-0.39, 0.29) is 11.7 Å². The molecule has 2 aromatic carbocycles. The molecule has 1 aliphatic heterocycles. The van der Waals surface area contributed by atoms with E-state index in [1.165, 1.54) is 11.8 Å². The number of para-hydroxylation sites is 1. The fraction of sp³-hybridized carbons (Fsp3) is 0.238. The molecule has 0 bridgehead atoms. The number of ether oxygens (including phenoxy) is 2. The SMILES string of the molecule is CCOc1cc(C=C2SC(=Nc3ccccc3)N(CCOC)C2=O)c(Br)cc1O. The Hall–Kier alpha value is -2.29. The lowest BCUT2D eigenvalue weighted by Crippen LogP contribution is -2.32. The first-order valence-electron chi connectivity index (χ1n) is 9.03. The lowest BCUT2D eigenvalue weighted by Gasteiger charge is -2.14. The summed E-state index contributed by atoms with van der Waals surface area (Å²) in [5, 5.41) is 10.6. The van der Waals surface area contributed by atoms with Gasteiger partial charge in [0.15, 0.2) is 16.7 Å². The number of phenolic OH excluding ortho intramolecular Hbond substituents is 1. The summed E-state index contributed by atoms with van der Waals surface area (Å²) in [4.78, 5) is 19.8. The normalized spacial score (nSPS) is 16.8. The maximum absolute atomic E-state index is 13.0. The lowest BCUT2D eigenvalue weighted by atomic mass is 10.2. The number of thioether (sulfide) groups is 1. The summed E-state index contributed by atoms with van der Waals surface area (Å²) in [7, 11) is 1.60.